The molecular formula is C18H24FN3O. The summed E-state index contributed by atoms with van der Waals surface area (Å²) in [5.74, 6) is -0.402. The van der Waals surface area contributed by atoms with Crippen molar-refractivity contribution in [2.45, 2.75) is 51.1 Å². The highest BCUT2D eigenvalue weighted by atomic mass is 19.1. The van der Waals surface area contributed by atoms with Gasteiger partial charge in [0, 0.05) is 6.54 Å². The third-order valence-corrected chi connectivity index (χ3v) is 4.41. The van der Waals surface area contributed by atoms with Crippen LogP contribution < -0.4 is 5.32 Å². The fourth-order valence-corrected chi connectivity index (χ4v) is 3.10. The molecule has 0 saturated heterocycles. The zero-order valence-electron chi connectivity index (χ0n) is 13.6. The minimum atomic E-state index is -0.701. The number of benzene rings is 1. The Kier molecular flexibility index (Phi) is 6.12. The fourth-order valence-electron chi connectivity index (χ4n) is 3.10. The van der Waals surface area contributed by atoms with E-state index in [0.717, 1.165) is 37.7 Å². The number of amides is 1. The first kappa shape index (κ1) is 17.4. The molecule has 0 spiro atoms. The first-order valence-corrected chi connectivity index (χ1v) is 8.26. The van der Waals surface area contributed by atoms with Crippen LogP contribution in [0.3, 0.4) is 0 Å². The first-order valence-electron chi connectivity index (χ1n) is 8.26. The molecule has 1 N–H and O–H groups in total. The Labute approximate surface area is 137 Å². The maximum atomic E-state index is 13.3. The lowest BCUT2D eigenvalue weighted by molar-refractivity contribution is -0.124. The first-order chi connectivity index (χ1) is 11.1. The van der Waals surface area contributed by atoms with Crippen LogP contribution in [0.15, 0.2) is 24.3 Å². The molecule has 0 unspecified atom stereocenters. The average molecular weight is 317 g/mol. The normalized spacial score (nSPS) is 16.8. The van der Waals surface area contributed by atoms with E-state index in [1.54, 1.807) is 6.07 Å². The number of rotatable bonds is 6. The van der Waals surface area contributed by atoms with E-state index in [1.807, 2.05) is 17.9 Å². The molecule has 124 valence electrons. The summed E-state index contributed by atoms with van der Waals surface area (Å²) in [6.45, 7) is 3.38. The second-order valence-electron chi connectivity index (χ2n) is 6.24. The summed E-state index contributed by atoms with van der Waals surface area (Å²) in [6, 6.07) is 8.71. The van der Waals surface area contributed by atoms with E-state index >= 15 is 0 Å². The van der Waals surface area contributed by atoms with Crippen molar-refractivity contribution in [1.82, 2.24) is 10.2 Å². The Morgan fingerprint density at radius 1 is 1.39 bits per heavy atom. The van der Waals surface area contributed by atoms with Gasteiger partial charge < -0.3 is 5.32 Å². The molecule has 5 heteroatoms. The average Bonchev–Trinajstić information content (AvgIpc) is 2.55. The summed E-state index contributed by atoms with van der Waals surface area (Å²) in [4.78, 5) is 14.3. The van der Waals surface area contributed by atoms with Crippen LogP contribution in [0, 0.1) is 17.1 Å². The van der Waals surface area contributed by atoms with E-state index in [-0.39, 0.29) is 18.3 Å². The van der Waals surface area contributed by atoms with Crippen molar-refractivity contribution in [3.05, 3.63) is 35.6 Å². The lowest BCUT2D eigenvalue weighted by atomic mass is 9.83. The van der Waals surface area contributed by atoms with Gasteiger partial charge in [0.1, 0.15) is 11.4 Å². The van der Waals surface area contributed by atoms with Crippen LogP contribution in [0.25, 0.3) is 0 Å². The fraction of sp³-hybridized carbons (Fsp3) is 0.556. The lowest BCUT2D eigenvalue weighted by Gasteiger charge is -2.32. The minimum absolute atomic E-state index is 0.133. The topological polar surface area (TPSA) is 56.1 Å². The highest BCUT2D eigenvalue weighted by Gasteiger charge is 2.33. The van der Waals surface area contributed by atoms with E-state index in [0.29, 0.717) is 13.1 Å². The van der Waals surface area contributed by atoms with Gasteiger partial charge >= 0.3 is 0 Å². The molecule has 23 heavy (non-hydrogen) atoms. The highest BCUT2D eigenvalue weighted by molar-refractivity contribution is 5.79. The van der Waals surface area contributed by atoms with E-state index in [1.165, 1.54) is 12.1 Å². The lowest BCUT2D eigenvalue weighted by Crippen LogP contribution is -2.51. The number of hydrogen-bond donors (Lipinski definition) is 1. The largest absolute Gasteiger partial charge is 0.337 e. The standard InChI is InChI=1S/C18H24FN3O/c1-2-22(12-15-7-6-8-16(19)11-15)13-17(23)21-18(14-20)9-4-3-5-10-18/h6-8,11H,2-5,9-10,12-13H2,1H3,(H,21,23). The molecule has 0 aromatic heterocycles. The molecular weight excluding hydrogens is 293 g/mol. The number of halogens is 1. The number of hydrogen-bond acceptors (Lipinski definition) is 3. The summed E-state index contributed by atoms with van der Waals surface area (Å²) in [5, 5.41) is 12.4. The van der Waals surface area contributed by atoms with E-state index < -0.39 is 5.54 Å². The minimum Gasteiger partial charge on any atom is -0.337 e. The second-order valence-corrected chi connectivity index (χ2v) is 6.24. The smallest absolute Gasteiger partial charge is 0.235 e. The van der Waals surface area contributed by atoms with Crippen LogP contribution in [0.5, 0.6) is 0 Å². The van der Waals surface area contributed by atoms with Gasteiger partial charge in [-0.25, -0.2) is 4.39 Å². The maximum Gasteiger partial charge on any atom is 0.235 e. The predicted molar refractivity (Wildman–Crippen MR) is 86.9 cm³/mol. The zero-order chi connectivity index (χ0) is 16.7. The maximum absolute atomic E-state index is 13.3. The monoisotopic (exact) mass is 317 g/mol. The highest BCUT2D eigenvalue weighted by Crippen LogP contribution is 2.27. The second kappa shape index (κ2) is 8.07. The van der Waals surface area contributed by atoms with Crippen molar-refractivity contribution in [3.63, 3.8) is 0 Å². The van der Waals surface area contributed by atoms with Crippen molar-refractivity contribution >= 4 is 5.91 Å². The van der Waals surface area contributed by atoms with E-state index in [9.17, 15) is 14.4 Å². The molecule has 1 aliphatic carbocycles. The molecule has 0 heterocycles. The molecule has 1 fully saturated rings. The van der Waals surface area contributed by atoms with Crippen molar-refractivity contribution in [1.29, 1.82) is 5.26 Å². The summed E-state index contributed by atoms with van der Waals surface area (Å²) in [7, 11) is 0. The van der Waals surface area contributed by atoms with Gasteiger partial charge in [-0.3, -0.25) is 9.69 Å². The van der Waals surface area contributed by atoms with Gasteiger partial charge in [0.15, 0.2) is 0 Å². The molecule has 0 radical (unpaired) electrons. The molecule has 1 amide bonds. The summed E-state index contributed by atoms with van der Waals surface area (Å²) in [6.07, 6.45) is 4.54. The van der Waals surface area contributed by atoms with Gasteiger partial charge in [0.2, 0.25) is 5.91 Å². The predicted octanol–water partition coefficient (Wildman–Crippen LogP) is 2.99. The number of likely N-dealkylation sites (N-methyl/N-ethyl adjacent to an activating group) is 1. The van der Waals surface area contributed by atoms with Crippen LogP contribution in [-0.2, 0) is 11.3 Å². The van der Waals surface area contributed by atoms with Gasteiger partial charge in [-0.15, -0.1) is 0 Å². The van der Waals surface area contributed by atoms with Crippen LogP contribution >= 0.6 is 0 Å². The Bertz CT molecular complexity index is 576. The molecule has 1 aliphatic rings. The Morgan fingerprint density at radius 2 is 2.13 bits per heavy atom. The summed E-state index contributed by atoms with van der Waals surface area (Å²) >= 11 is 0. The van der Waals surface area contributed by atoms with Crippen LogP contribution in [-0.4, -0.2) is 29.4 Å². The molecule has 0 bridgehead atoms. The SMILES string of the molecule is CCN(CC(=O)NC1(C#N)CCCCC1)Cc1cccc(F)c1. The quantitative estimate of drug-likeness (QED) is 0.877. The third-order valence-electron chi connectivity index (χ3n) is 4.41. The molecule has 1 saturated carbocycles. The van der Waals surface area contributed by atoms with Gasteiger partial charge in [-0.1, -0.05) is 38.3 Å². The van der Waals surface area contributed by atoms with Crippen molar-refractivity contribution < 1.29 is 9.18 Å². The molecule has 1 aromatic carbocycles. The molecule has 2 rings (SSSR count). The molecule has 4 nitrogen and oxygen atoms in total. The Balaban J connectivity index is 1.93. The summed E-state index contributed by atoms with van der Waals surface area (Å²) < 4.78 is 13.3. The van der Waals surface area contributed by atoms with E-state index in [4.69, 9.17) is 0 Å². The van der Waals surface area contributed by atoms with Gasteiger partial charge in [0.25, 0.3) is 0 Å². The number of nitriles is 1. The van der Waals surface area contributed by atoms with Crippen LogP contribution in [0.4, 0.5) is 4.39 Å². The number of nitrogens with one attached hydrogen (secondary N) is 1. The Hall–Kier alpha value is -1.93. The number of carbonyl (C=O) groups excluding carboxylic acids is 1. The van der Waals surface area contributed by atoms with Crippen molar-refractivity contribution in [2.24, 2.45) is 0 Å². The Morgan fingerprint density at radius 3 is 2.74 bits per heavy atom. The zero-order valence-corrected chi connectivity index (χ0v) is 13.6. The van der Waals surface area contributed by atoms with Crippen LogP contribution in [0.2, 0.25) is 0 Å². The number of carbonyl (C=O) groups is 1. The van der Waals surface area contributed by atoms with Crippen LogP contribution in [0.1, 0.15) is 44.6 Å². The molecule has 1 aromatic rings. The van der Waals surface area contributed by atoms with Gasteiger partial charge in [-0.05, 0) is 37.1 Å². The van der Waals surface area contributed by atoms with Gasteiger partial charge in [0.05, 0.1) is 12.6 Å². The number of nitrogens with zero attached hydrogens (tertiary/aromatic N) is 2. The summed E-state index contributed by atoms with van der Waals surface area (Å²) in [5.41, 5.74) is 0.139. The molecule has 0 aliphatic heterocycles. The van der Waals surface area contributed by atoms with Crippen molar-refractivity contribution in [2.75, 3.05) is 13.1 Å². The third kappa shape index (κ3) is 5.04. The molecule has 0 atom stereocenters. The van der Waals surface area contributed by atoms with Gasteiger partial charge in [-0.2, -0.15) is 5.26 Å². The van der Waals surface area contributed by atoms with E-state index in [2.05, 4.69) is 11.4 Å². The van der Waals surface area contributed by atoms with Crippen molar-refractivity contribution in [3.8, 4) is 6.07 Å².